The van der Waals surface area contributed by atoms with Crippen LogP contribution in [0.4, 0.5) is 0 Å². The summed E-state index contributed by atoms with van der Waals surface area (Å²) in [7, 11) is 1.68. The van der Waals surface area contributed by atoms with Gasteiger partial charge in [0.15, 0.2) is 5.16 Å². The molecule has 1 aromatic heterocycles. The number of nitrogens with zero attached hydrogens (tertiary/aromatic N) is 3. The van der Waals surface area contributed by atoms with E-state index in [9.17, 15) is 9.59 Å². The number of ether oxygens (including phenoxy) is 1. The van der Waals surface area contributed by atoms with Gasteiger partial charge in [0.05, 0.1) is 29.9 Å². The number of hydrogen-bond acceptors (Lipinski definition) is 5. The van der Waals surface area contributed by atoms with Gasteiger partial charge in [-0.3, -0.25) is 14.2 Å². The normalized spacial score (nSPS) is 15.2. The van der Waals surface area contributed by atoms with Gasteiger partial charge in [-0.1, -0.05) is 23.9 Å². The number of hydrogen-bond donors (Lipinski definition) is 0. The van der Waals surface area contributed by atoms with Crippen molar-refractivity contribution in [3.05, 3.63) is 34.6 Å². The molecular formula is C15H17N3O3S. The van der Waals surface area contributed by atoms with Crippen molar-refractivity contribution in [1.82, 2.24) is 14.5 Å². The molecule has 0 radical (unpaired) electrons. The lowest BCUT2D eigenvalue weighted by atomic mass is 10.2. The second-order valence-electron chi connectivity index (χ2n) is 5.06. The van der Waals surface area contributed by atoms with E-state index < -0.39 is 0 Å². The van der Waals surface area contributed by atoms with Crippen LogP contribution in [-0.4, -0.2) is 52.4 Å². The predicted octanol–water partition coefficient (Wildman–Crippen LogP) is 0.884. The molecule has 1 saturated heterocycles. The molecule has 1 fully saturated rings. The van der Waals surface area contributed by atoms with Gasteiger partial charge in [-0.05, 0) is 12.1 Å². The summed E-state index contributed by atoms with van der Waals surface area (Å²) < 4.78 is 6.74. The minimum atomic E-state index is -0.0908. The topological polar surface area (TPSA) is 64.4 Å². The third-order valence-corrected chi connectivity index (χ3v) is 4.65. The van der Waals surface area contributed by atoms with Crippen LogP contribution in [0.15, 0.2) is 34.2 Å². The van der Waals surface area contributed by atoms with Crippen LogP contribution in [-0.2, 0) is 16.6 Å². The molecule has 1 aliphatic heterocycles. The molecule has 0 bridgehead atoms. The minimum absolute atomic E-state index is 0.0516. The van der Waals surface area contributed by atoms with Crippen LogP contribution in [0.5, 0.6) is 0 Å². The van der Waals surface area contributed by atoms with Gasteiger partial charge in [0.2, 0.25) is 5.91 Å². The second kappa shape index (κ2) is 6.50. The molecule has 0 spiro atoms. The highest BCUT2D eigenvalue weighted by Crippen LogP contribution is 2.17. The monoisotopic (exact) mass is 319 g/mol. The number of thioether (sulfide) groups is 1. The Kier molecular flexibility index (Phi) is 4.44. The van der Waals surface area contributed by atoms with E-state index in [0.717, 1.165) is 0 Å². The van der Waals surface area contributed by atoms with Crippen molar-refractivity contribution < 1.29 is 9.53 Å². The third-order valence-electron chi connectivity index (χ3n) is 3.63. The van der Waals surface area contributed by atoms with Crippen molar-refractivity contribution in [3.63, 3.8) is 0 Å². The highest BCUT2D eigenvalue weighted by molar-refractivity contribution is 7.99. The highest BCUT2D eigenvalue weighted by atomic mass is 32.2. The number of amides is 1. The summed E-state index contributed by atoms with van der Waals surface area (Å²) in [6, 6.07) is 7.24. The van der Waals surface area contributed by atoms with E-state index in [1.54, 1.807) is 18.0 Å². The smallest absolute Gasteiger partial charge is 0.261 e. The lowest BCUT2D eigenvalue weighted by molar-refractivity contribution is -0.132. The molecule has 1 aliphatic rings. The summed E-state index contributed by atoms with van der Waals surface area (Å²) in [5.74, 6) is 0.328. The highest BCUT2D eigenvalue weighted by Gasteiger charge is 2.18. The lowest BCUT2D eigenvalue weighted by Gasteiger charge is -2.26. The standard InChI is InChI=1S/C15H17N3O3S/c1-17-14(20)11-4-2-3-5-12(11)16-15(17)22-10-13(19)18-6-8-21-9-7-18/h2-5H,6-10H2,1H3. The van der Waals surface area contributed by atoms with Gasteiger partial charge in [-0.2, -0.15) is 0 Å². The maximum Gasteiger partial charge on any atom is 0.261 e. The van der Waals surface area contributed by atoms with Crippen LogP contribution in [0.1, 0.15) is 0 Å². The van der Waals surface area contributed by atoms with Gasteiger partial charge >= 0.3 is 0 Å². The third kappa shape index (κ3) is 3.00. The molecule has 7 heteroatoms. The SMILES string of the molecule is Cn1c(SCC(=O)N2CCOCC2)nc2ccccc2c1=O. The van der Waals surface area contributed by atoms with Crippen molar-refractivity contribution >= 4 is 28.6 Å². The lowest BCUT2D eigenvalue weighted by Crippen LogP contribution is -2.41. The molecule has 0 saturated carbocycles. The summed E-state index contributed by atoms with van der Waals surface area (Å²) in [4.78, 5) is 30.7. The van der Waals surface area contributed by atoms with Crippen LogP contribution in [0.25, 0.3) is 10.9 Å². The molecule has 0 aliphatic carbocycles. The number of carbonyl (C=O) groups is 1. The number of carbonyl (C=O) groups excluding carboxylic acids is 1. The Morgan fingerprint density at radius 3 is 2.82 bits per heavy atom. The zero-order valence-electron chi connectivity index (χ0n) is 12.3. The van der Waals surface area contributed by atoms with Crippen molar-refractivity contribution in [3.8, 4) is 0 Å². The summed E-state index contributed by atoms with van der Waals surface area (Å²) in [5.41, 5.74) is 0.568. The van der Waals surface area contributed by atoms with Gasteiger partial charge in [0.25, 0.3) is 5.56 Å². The maximum absolute atomic E-state index is 12.3. The van der Waals surface area contributed by atoms with Gasteiger partial charge < -0.3 is 9.64 Å². The molecule has 2 aromatic rings. The fraction of sp³-hybridized carbons (Fsp3) is 0.400. The molecule has 22 heavy (non-hydrogen) atoms. The Hall–Kier alpha value is -1.86. The van der Waals surface area contributed by atoms with E-state index in [1.165, 1.54) is 16.3 Å². The van der Waals surface area contributed by atoms with Gasteiger partial charge in [0, 0.05) is 20.1 Å². The molecule has 1 amide bonds. The summed E-state index contributed by atoms with van der Waals surface area (Å²) >= 11 is 1.30. The molecular weight excluding hydrogens is 302 g/mol. The van der Waals surface area contributed by atoms with E-state index in [4.69, 9.17) is 4.74 Å². The Bertz CT molecular complexity index is 753. The number of para-hydroxylation sites is 1. The van der Waals surface area contributed by atoms with E-state index >= 15 is 0 Å². The van der Waals surface area contributed by atoms with Crippen LogP contribution in [0, 0.1) is 0 Å². The van der Waals surface area contributed by atoms with Gasteiger partial charge in [0.1, 0.15) is 0 Å². The number of benzene rings is 1. The quantitative estimate of drug-likeness (QED) is 0.621. The fourth-order valence-electron chi connectivity index (χ4n) is 2.36. The molecule has 116 valence electrons. The van der Waals surface area contributed by atoms with E-state index in [2.05, 4.69) is 4.98 Å². The molecule has 0 N–H and O–H groups in total. The van der Waals surface area contributed by atoms with Crippen LogP contribution >= 0.6 is 11.8 Å². The van der Waals surface area contributed by atoms with E-state index in [1.807, 2.05) is 18.2 Å². The van der Waals surface area contributed by atoms with Gasteiger partial charge in [-0.25, -0.2) is 4.98 Å². The Morgan fingerprint density at radius 2 is 2.05 bits per heavy atom. The summed E-state index contributed by atoms with van der Waals surface area (Å²) in [6.07, 6.45) is 0. The van der Waals surface area contributed by atoms with Crippen molar-refractivity contribution in [2.45, 2.75) is 5.16 Å². The number of rotatable bonds is 3. The Balaban J connectivity index is 1.77. The summed E-state index contributed by atoms with van der Waals surface area (Å²) in [6.45, 7) is 2.43. The average molecular weight is 319 g/mol. The van der Waals surface area contributed by atoms with Crippen molar-refractivity contribution in [2.75, 3.05) is 32.1 Å². The van der Waals surface area contributed by atoms with Crippen molar-refractivity contribution in [2.24, 2.45) is 7.05 Å². The second-order valence-corrected chi connectivity index (χ2v) is 6.00. The number of morpholine rings is 1. The Labute approximate surface area is 132 Å². The van der Waals surface area contributed by atoms with Crippen LogP contribution in [0.3, 0.4) is 0 Å². The molecule has 2 heterocycles. The number of aromatic nitrogens is 2. The first kappa shape index (κ1) is 15.1. The predicted molar refractivity (Wildman–Crippen MR) is 85.1 cm³/mol. The fourth-order valence-corrected chi connectivity index (χ4v) is 3.23. The average Bonchev–Trinajstić information content (AvgIpc) is 2.57. The van der Waals surface area contributed by atoms with Crippen LogP contribution < -0.4 is 5.56 Å². The van der Waals surface area contributed by atoms with Gasteiger partial charge in [-0.15, -0.1) is 0 Å². The molecule has 3 rings (SSSR count). The summed E-state index contributed by atoms with van der Waals surface area (Å²) in [5, 5.41) is 1.15. The first-order valence-electron chi connectivity index (χ1n) is 7.11. The minimum Gasteiger partial charge on any atom is -0.378 e. The van der Waals surface area contributed by atoms with Crippen molar-refractivity contribution in [1.29, 1.82) is 0 Å². The number of fused-ring (bicyclic) bond motifs is 1. The van der Waals surface area contributed by atoms with E-state index in [-0.39, 0.29) is 17.2 Å². The van der Waals surface area contributed by atoms with E-state index in [0.29, 0.717) is 42.4 Å². The first-order valence-corrected chi connectivity index (χ1v) is 8.09. The molecule has 1 aromatic carbocycles. The largest absolute Gasteiger partial charge is 0.378 e. The maximum atomic E-state index is 12.3. The zero-order valence-corrected chi connectivity index (χ0v) is 13.1. The zero-order chi connectivity index (χ0) is 15.5. The molecule has 0 atom stereocenters. The molecule has 0 unspecified atom stereocenters. The first-order chi connectivity index (χ1) is 10.7. The van der Waals surface area contributed by atoms with Crippen LogP contribution in [0.2, 0.25) is 0 Å². The Morgan fingerprint density at radius 1 is 1.32 bits per heavy atom. The molecule has 6 nitrogen and oxygen atoms in total.